The Morgan fingerprint density at radius 1 is 0.566 bits per heavy atom. The predicted molar refractivity (Wildman–Crippen MR) is 283 cm³/mol. The van der Waals surface area contributed by atoms with Crippen LogP contribution in [0.4, 0.5) is 0 Å². The van der Waals surface area contributed by atoms with Gasteiger partial charge in [0.15, 0.2) is 6.61 Å². The number of carbonyl (C=O) groups is 15. The minimum atomic E-state index is -1.67. The maximum atomic E-state index is 11.2. The number of halogens is 3. The van der Waals surface area contributed by atoms with Gasteiger partial charge in [-0.05, 0) is 60.1 Å². The fraction of sp³-hybridized carbons (Fsp3) is 0.617. The second-order valence-corrected chi connectivity index (χ2v) is 16.3. The second-order valence-electron chi connectivity index (χ2n) is 13.4. The van der Waals surface area contributed by atoms with Crippen LogP contribution in [0.5, 0.6) is 0 Å². The molecular weight excluding hydrogens is 1210 g/mol. The summed E-state index contributed by atoms with van der Waals surface area (Å²) in [6.45, 7) is 13.5. The molecule has 3 fully saturated rings. The molecule has 476 valence electrons. The van der Waals surface area contributed by atoms with Crippen molar-refractivity contribution >= 4 is 131 Å². The third-order valence-corrected chi connectivity index (χ3v) is 7.10. The molecule has 0 spiro atoms. The number of nitrogens with zero attached hydrogens (tertiary/aromatic N) is 3. The van der Waals surface area contributed by atoms with Crippen molar-refractivity contribution in [3.63, 3.8) is 0 Å². The Labute approximate surface area is 495 Å². The lowest BCUT2D eigenvalue weighted by Gasteiger charge is -2.12. The van der Waals surface area contributed by atoms with Gasteiger partial charge in [-0.2, -0.15) is 10.3 Å². The number of ether oxygens (including phenoxy) is 7. The highest BCUT2D eigenvalue weighted by atomic mass is 36.0. The summed E-state index contributed by atoms with van der Waals surface area (Å²) in [6.07, 6.45) is 7.42. The Kier molecular flexibility index (Phi) is 72.3. The summed E-state index contributed by atoms with van der Waals surface area (Å²) in [7, 11) is 7.36. The molecule has 5 N–H and O–H groups in total. The molecule has 3 aliphatic rings. The Morgan fingerprint density at radius 3 is 1.06 bits per heavy atom. The fourth-order valence-corrected chi connectivity index (χ4v) is 3.95. The number of amides is 4. The van der Waals surface area contributed by atoms with Gasteiger partial charge in [-0.15, -0.1) is 17.9 Å². The van der Waals surface area contributed by atoms with Crippen molar-refractivity contribution in [2.75, 3.05) is 52.9 Å². The van der Waals surface area contributed by atoms with Gasteiger partial charge < -0.3 is 58.4 Å². The first-order chi connectivity index (χ1) is 39.3. The first-order valence-corrected chi connectivity index (χ1v) is 27.1. The molecule has 32 nitrogen and oxygen atoms in total. The molecule has 3 rings (SSSR count). The van der Waals surface area contributed by atoms with Crippen LogP contribution in [0.2, 0.25) is 0 Å². The number of terminal acetylenes is 1. The highest BCUT2D eigenvalue weighted by Gasteiger charge is 2.33. The van der Waals surface area contributed by atoms with Crippen molar-refractivity contribution in [1.29, 1.82) is 5.26 Å². The van der Waals surface area contributed by atoms with Crippen molar-refractivity contribution in [3.8, 4) is 19.1 Å². The van der Waals surface area contributed by atoms with Crippen LogP contribution in [0.1, 0.15) is 140 Å². The third kappa shape index (κ3) is 78.9. The number of cyclic esters (lactones) is 2. The van der Waals surface area contributed by atoms with Gasteiger partial charge in [0.2, 0.25) is 14.5 Å². The van der Waals surface area contributed by atoms with Crippen LogP contribution in [0.3, 0.4) is 0 Å². The monoisotopic (exact) mass is 1280 g/mol. The highest BCUT2D eigenvalue weighted by molar-refractivity contribution is 8.26. The minimum absolute atomic E-state index is 0.0385. The number of aliphatic hydroxyl groups excluding tert-OH is 2. The number of aliphatic hydroxyl groups is 2. The number of carboxylic acid groups (broad SMARTS) is 2. The molecule has 0 aliphatic carbocycles. The van der Waals surface area contributed by atoms with Gasteiger partial charge in [0, 0.05) is 66.7 Å². The van der Waals surface area contributed by atoms with Crippen LogP contribution in [0, 0.1) is 24.3 Å². The molecule has 83 heavy (non-hydrogen) atoms. The number of hydrogen-bond donors (Lipinski definition) is 5. The van der Waals surface area contributed by atoms with E-state index < -0.39 is 91.8 Å². The van der Waals surface area contributed by atoms with Crippen LogP contribution in [0.25, 0.3) is 0 Å². The zero-order chi connectivity index (χ0) is 67.0. The first-order valence-electron chi connectivity index (χ1n) is 24.4. The minimum Gasteiger partial charge on any atom is -0.481 e. The standard InChI is InChI=1S/C10H13NO6.C6H9ClO3.2C6H10O4.C5H7NO3.C4H5NO3.C4H4O3.2C2H6O.C2H2.Cl2OS/c1-2-16-9(14)5-6-10(15)17-11-7(12)3-4-8(11)13;3*1-2-10-6(9)4-3-5(7)8;1-2-9-5(7)3-8-4-6;6-3-1-2-4(7)5(3)8;5-3-1-2-4(6)7-3;2*1-2-3;1-2;1-4(2)3/h2-6H2,1H3;2-4H2,1H3;2*2-4H2,1H3,(H,7,8);2-3H2,1H3;8H,1-2H2;1-2H2;2*3H,2H2,1H3;1-2H;/i;;;;;;;;;1D;. The molecule has 36 heteroatoms. The van der Waals surface area contributed by atoms with E-state index in [-0.39, 0.29) is 127 Å². The average Bonchev–Trinajstić information content (AvgIpc) is 4.09. The van der Waals surface area contributed by atoms with Crippen LogP contribution in [0.15, 0.2) is 0 Å². The maximum absolute atomic E-state index is 11.2. The third-order valence-electron chi connectivity index (χ3n) is 6.91. The number of carbonyl (C=O) groups excluding carboxylic acids is 13. The van der Waals surface area contributed by atoms with Gasteiger partial charge in [-0.1, -0.05) is 0 Å². The van der Waals surface area contributed by atoms with Crippen LogP contribution in [-0.4, -0.2) is 181 Å². The van der Waals surface area contributed by atoms with Crippen LogP contribution in [-0.2, 0) is 119 Å². The summed E-state index contributed by atoms with van der Waals surface area (Å²) in [5.41, 5.74) is 0. The molecule has 0 bridgehead atoms. The van der Waals surface area contributed by atoms with Crippen LogP contribution >= 0.6 is 33.0 Å². The molecule has 0 aromatic rings. The van der Waals surface area contributed by atoms with Gasteiger partial charge in [-0.3, -0.25) is 67.5 Å². The van der Waals surface area contributed by atoms with Gasteiger partial charge in [-0.25, -0.2) is 13.8 Å². The lowest BCUT2D eigenvalue weighted by atomic mass is 10.3. The number of imide groups is 2. The fourth-order valence-electron chi connectivity index (χ4n) is 3.85. The van der Waals surface area contributed by atoms with Gasteiger partial charge >= 0.3 is 59.7 Å². The SMILES string of the molecule is CCO.CCO.CCOC(=O)CCC(=O)Cl.CCOC(=O)CCC(=O)O.CCOC(=O)CCC(=O)O.CCOC(=O)CCC(=O)ON1C(=O)CCC1=O.CCOC(=O)COC#N.O=C1CCC(=O)N1O.O=C1CCC(=O)O1.O=S(Cl)Cl.[2H]C#C. The molecular formula is C47H72Cl3N3O29S. The van der Waals surface area contributed by atoms with E-state index in [4.69, 9.17) is 48.1 Å². The van der Waals surface area contributed by atoms with E-state index in [1.165, 1.54) is 12.7 Å². The number of hydroxylamine groups is 4. The van der Waals surface area contributed by atoms with Gasteiger partial charge in [0.05, 0.1) is 90.8 Å². The van der Waals surface area contributed by atoms with Crippen molar-refractivity contribution in [2.45, 2.75) is 138 Å². The molecule has 0 unspecified atom stereocenters. The molecule has 4 amide bonds. The number of hydrogen-bond acceptors (Lipinski definition) is 28. The topological polar surface area (TPSA) is 478 Å². The van der Waals surface area contributed by atoms with E-state index in [1.54, 1.807) is 48.5 Å². The summed E-state index contributed by atoms with van der Waals surface area (Å²) in [5.74, 6) is -7.98. The second kappa shape index (κ2) is 67.1. The average molecular weight is 1280 g/mol. The molecule has 0 radical (unpaired) electrons. The van der Waals surface area contributed by atoms with E-state index in [0.29, 0.717) is 31.5 Å². The van der Waals surface area contributed by atoms with Crippen molar-refractivity contribution in [2.24, 2.45) is 0 Å². The zero-order valence-electron chi connectivity index (χ0n) is 47.6. The Hall–Kier alpha value is -7.40. The molecule has 0 aromatic heterocycles. The molecule has 3 heterocycles. The highest BCUT2D eigenvalue weighted by Crippen LogP contribution is 2.13. The normalized spacial score (nSPS) is 11.7. The molecule has 0 aromatic carbocycles. The van der Waals surface area contributed by atoms with E-state index >= 15 is 0 Å². The number of rotatable bonds is 20. The summed E-state index contributed by atoms with van der Waals surface area (Å²) in [6, 6.07) is 0. The zero-order valence-corrected chi connectivity index (χ0v) is 49.6. The van der Waals surface area contributed by atoms with E-state index in [0.717, 1.165) is 0 Å². The molecule has 3 aliphatic heterocycles. The number of carboxylic acids is 2. The van der Waals surface area contributed by atoms with Crippen LogP contribution < -0.4 is 0 Å². The predicted octanol–water partition coefficient (Wildman–Crippen LogP) is 2.57. The molecule has 0 atom stereocenters. The lowest BCUT2D eigenvalue weighted by Crippen LogP contribution is -2.32. The summed E-state index contributed by atoms with van der Waals surface area (Å²) in [4.78, 5) is 161. The summed E-state index contributed by atoms with van der Waals surface area (Å²) >= 11 is 4.98. The molecule has 0 saturated carbocycles. The molecule has 3 saturated heterocycles. The van der Waals surface area contributed by atoms with E-state index in [9.17, 15) is 71.9 Å². The Bertz CT molecular complexity index is 1980. The largest absolute Gasteiger partial charge is 0.481 e. The number of nitriles is 1. The van der Waals surface area contributed by atoms with Crippen molar-refractivity contribution in [3.05, 3.63) is 0 Å². The van der Waals surface area contributed by atoms with Gasteiger partial charge in [0.25, 0.3) is 29.9 Å². The number of esters is 7. The first kappa shape index (κ1) is 89.4. The van der Waals surface area contributed by atoms with Crippen molar-refractivity contribution in [1.82, 2.24) is 10.1 Å². The smallest absolute Gasteiger partial charge is 0.345 e. The Morgan fingerprint density at radius 2 is 0.831 bits per heavy atom. The van der Waals surface area contributed by atoms with E-state index in [1.807, 2.05) is 0 Å². The summed E-state index contributed by atoms with van der Waals surface area (Å²) < 4.78 is 45.5. The van der Waals surface area contributed by atoms with E-state index in [2.05, 4.69) is 65.8 Å². The Balaban J connectivity index is -0.000000131. The van der Waals surface area contributed by atoms with Gasteiger partial charge in [0.1, 0.15) is 1.37 Å². The maximum Gasteiger partial charge on any atom is 0.345 e. The summed E-state index contributed by atoms with van der Waals surface area (Å²) in [5, 5.41) is 47.7. The number of aliphatic carboxylic acids is 2. The van der Waals surface area contributed by atoms with Crippen molar-refractivity contribution < 1.29 is 141 Å². The lowest BCUT2D eigenvalue weighted by molar-refractivity contribution is -0.197. The quantitative estimate of drug-likeness (QED) is 0.0171.